The van der Waals surface area contributed by atoms with Gasteiger partial charge in [0.15, 0.2) is 0 Å². The predicted molar refractivity (Wildman–Crippen MR) is 71.2 cm³/mol. The van der Waals surface area contributed by atoms with Crippen molar-refractivity contribution in [1.82, 2.24) is 14.7 Å². The Labute approximate surface area is 112 Å². The third-order valence-corrected chi connectivity index (χ3v) is 3.69. The number of anilines is 1. The first-order chi connectivity index (χ1) is 9.24. The van der Waals surface area contributed by atoms with E-state index in [2.05, 4.69) is 16.1 Å². The molecule has 0 aliphatic carbocycles. The average molecular weight is 264 g/mol. The fourth-order valence-electron chi connectivity index (χ4n) is 2.71. The molecule has 19 heavy (non-hydrogen) atoms. The maximum atomic E-state index is 12.3. The van der Waals surface area contributed by atoms with Crippen molar-refractivity contribution >= 4 is 11.7 Å². The van der Waals surface area contributed by atoms with Crippen LogP contribution in [0.4, 0.5) is 5.82 Å². The minimum atomic E-state index is 0.190. The van der Waals surface area contributed by atoms with Gasteiger partial charge in [0.1, 0.15) is 5.82 Å². The van der Waals surface area contributed by atoms with Crippen LogP contribution in [0.1, 0.15) is 12.1 Å². The molecule has 0 unspecified atom stereocenters. The summed E-state index contributed by atoms with van der Waals surface area (Å²) in [6.45, 7) is 7.06. The number of hydrogen-bond acceptors (Lipinski definition) is 4. The number of fused-ring (bicyclic) bond motifs is 1. The molecule has 1 fully saturated rings. The van der Waals surface area contributed by atoms with E-state index in [0.29, 0.717) is 32.8 Å². The molecule has 1 saturated heterocycles. The van der Waals surface area contributed by atoms with Crippen molar-refractivity contribution in [3.63, 3.8) is 0 Å². The normalized spacial score (nSPS) is 19.4. The van der Waals surface area contributed by atoms with Crippen molar-refractivity contribution in [3.8, 4) is 0 Å². The molecule has 0 spiro atoms. The zero-order valence-corrected chi connectivity index (χ0v) is 11.3. The molecule has 2 aliphatic heterocycles. The van der Waals surface area contributed by atoms with Crippen LogP contribution >= 0.6 is 0 Å². The lowest BCUT2D eigenvalue weighted by Crippen LogP contribution is -2.47. The first-order valence-corrected chi connectivity index (χ1v) is 6.89. The Hall–Kier alpha value is -1.56. The SMILES string of the molecule is Cc1cc2n(n1)CCCN2CC(=O)N1CCOCC1. The van der Waals surface area contributed by atoms with E-state index >= 15 is 0 Å². The maximum Gasteiger partial charge on any atom is 0.242 e. The summed E-state index contributed by atoms with van der Waals surface area (Å²) in [5, 5.41) is 4.45. The lowest BCUT2D eigenvalue weighted by atomic mass is 10.3. The van der Waals surface area contributed by atoms with Gasteiger partial charge < -0.3 is 14.5 Å². The number of nitrogens with zero attached hydrogens (tertiary/aromatic N) is 4. The largest absolute Gasteiger partial charge is 0.378 e. The molecule has 1 aromatic rings. The maximum absolute atomic E-state index is 12.3. The molecular weight excluding hydrogens is 244 g/mol. The standard InChI is InChI=1S/C13H20N4O2/c1-11-9-12-16(3-2-4-17(12)14-11)10-13(18)15-5-7-19-8-6-15/h9H,2-8,10H2,1H3. The summed E-state index contributed by atoms with van der Waals surface area (Å²) in [7, 11) is 0. The Morgan fingerprint density at radius 3 is 2.89 bits per heavy atom. The number of morpholine rings is 1. The van der Waals surface area contributed by atoms with Crippen molar-refractivity contribution < 1.29 is 9.53 Å². The molecule has 104 valence electrons. The molecule has 0 radical (unpaired) electrons. The van der Waals surface area contributed by atoms with Crippen molar-refractivity contribution in [1.29, 1.82) is 0 Å². The zero-order valence-electron chi connectivity index (χ0n) is 11.3. The van der Waals surface area contributed by atoms with Crippen LogP contribution in [0.15, 0.2) is 6.07 Å². The summed E-state index contributed by atoms with van der Waals surface area (Å²) < 4.78 is 7.28. The van der Waals surface area contributed by atoms with Crippen LogP contribution in [0.5, 0.6) is 0 Å². The molecule has 2 aliphatic rings. The molecule has 0 atom stereocenters. The number of carbonyl (C=O) groups excluding carboxylic acids is 1. The minimum Gasteiger partial charge on any atom is -0.378 e. The molecule has 0 bridgehead atoms. The van der Waals surface area contributed by atoms with Gasteiger partial charge in [0.25, 0.3) is 0 Å². The lowest BCUT2D eigenvalue weighted by Gasteiger charge is -2.32. The van der Waals surface area contributed by atoms with E-state index in [9.17, 15) is 4.79 Å². The van der Waals surface area contributed by atoms with E-state index in [1.807, 2.05) is 16.5 Å². The van der Waals surface area contributed by atoms with Gasteiger partial charge in [-0.25, -0.2) is 4.68 Å². The highest BCUT2D eigenvalue weighted by Gasteiger charge is 2.24. The van der Waals surface area contributed by atoms with Crippen LogP contribution in [0.25, 0.3) is 0 Å². The van der Waals surface area contributed by atoms with Gasteiger partial charge in [-0.15, -0.1) is 0 Å². The summed E-state index contributed by atoms with van der Waals surface area (Å²) >= 11 is 0. The number of ether oxygens (including phenoxy) is 1. The van der Waals surface area contributed by atoms with Gasteiger partial charge in [-0.1, -0.05) is 0 Å². The molecule has 6 heteroatoms. The van der Waals surface area contributed by atoms with Crippen LogP contribution in [0, 0.1) is 6.92 Å². The van der Waals surface area contributed by atoms with E-state index in [1.54, 1.807) is 0 Å². The van der Waals surface area contributed by atoms with Gasteiger partial charge in [-0.3, -0.25) is 4.79 Å². The second-order valence-electron chi connectivity index (χ2n) is 5.14. The van der Waals surface area contributed by atoms with Crippen molar-refractivity contribution in [2.45, 2.75) is 19.9 Å². The minimum absolute atomic E-state index is 0.190. The Morgan fingerprint density at radius 1 is 1.32 bits per heavy atom. The molecule has 1 amide bonds. The average Bonchev–Trinajstić information content (AvgIpc) is 2.81. The fraction of sp³-hybridized carbons (Fsp3) is 0.692. The Kier molecular flexibility index (Phi) is 3.42. The smallest absolute Gasteiger partial charge is 0.242 e. The summed E-state index contributed by atoms with van der Waals surface area (Å²) in [5.74, 6) is 1.26. The number of hydrogen-bond donors (Lipinski definition) is 0. The third kappa shape index (κ3) is 2.58. The molecule has 6 nitrogen and oxygen atoms in total. The summed E-state index contributed by atoms with van der Waals surface area (Å²) in [4.78, 5) is 16.3. The Bertz CT molecular complexity index is 465. The van der Waals surface area contributed by atoms with Crippen molar-refractivity contribution in [2.75, 3.05) is 44.3 Å². The summed E-state index contributed by atoms with van der Waals surface area (Å²) in [6, 6.07) is 2.06. The molecular formula is C13H20N4O2. The number of amides is 1. The summed E-state index contributed by atoms with van der Waals surface area (Å²) in [5.41, 5.74) is 1.01. The van der Waals surface area contributed by atoms with E-state index in [1.165, 1.54) is 0 Å². The Balaban J connectivity index is 1.68. The topological polar surface area (TPSA) is 50.6 Å². The fourth-order valence-corrected chi connectivity index (χ4v) is 2.71. The summed E-state index contributed by atoms with van der Waals surface area (Å²) in [6.07, 6.45) is 1.05. The van der Waals surface area contributed by atoms with Gasteiger partial charge in [0, 0.05) is 32.2 Å². The lowest BCUT2D eigenvalue weighted by molar-refractivity contribution is -0.133. The molecule has 1 aromatic heterocycles. The van der Waals surface area contributed by atoms with Gasteiger partial charge in [0.2, 0.25) is 5.91 Å². The number of aryl methyl sites for hydroxylation is 2. The second kappa shape index (κ2) is 5.21. The molecule has 0 aromatic carbocycles. The van der Waals surface area contributed by atoms with Gasteiger partial charge in [0.05, 0.1) is 25.5 Å². The molecule has 3 heterocycles. The zero-order chi connectivity index (χ0) is 13.2. The number of carbonyl (C=O) groups is 1. The van der Waals surface area contributed by atoms with Crippen LogP contribution in [-0.2, 0) is 16.1 Å². The van der Waals surface area contributed by atoms with Crippen LogP contribution in [-0.4, -0.2) is 60.0 Å². The van der Waals surface area contributed by atoms with E-state index in [4.69, 9.17) is 4.74 Å². The van der Waals surface area contributed by atoms with Crippen LogP contribution in [0.2, 0.25) is 0 Å². The third-order valence-electron chi connectivity index (χ3n) is 3.69. The molecule has 0 saturated carbocycles. The van der Waals surface area contributed by atoms with E-state index in [0.717, 1.165) is 31.0 Å². The molecule has 0 N–H and O–H groups in total. The van der Waals surface area contributed by atoms with Crippen LogP contribution in [0.3, 0.4) is 0 Å². The van der Waals surface area contributed by atoms with Crippen LogP contribution < -0.4 is 4.90 Å². The van der Waals surface area contributed by atoms with Gasteiger partial charge in [-0.2, -0.15) is 5.10 Å². The van der Waals surface area contributed by atoms with Gasteiger partial charge >= 0.3 is 0 Å². The van der Waals surface area contributed by atoms with Crippen molar-refractivity contribution in [3.05, 3.63) is 11.8 Å². The quantitative estimate of drug-likeness (QED) is 0.769. The predicted octanol–water partition coefficient (Wildman–Crippen LogP) is 0.260. The number of rotatable bonds is 2. The monoisotopic (exact) mass is 264 g/mol. The first kappa shape index (κ1) is 12.5. The first-order valence-electron chi connectivity index (χ1n) is 6.89. The highest BCUT2D eigenvalue weighted by Crippen LogP contribution is 2.21. The molecule has 3 rings (SSSR count). The number of aromatic nitrogens is 2. The van der Waals surface area contributed by atoms with Gasteiger partial charge in [-0.05, 0) is 13.3 Å². The Morgan fingerprint density at radius 2 is 2.11 bits per heavy atom. The van der Waals surface area contributed by atoms with E-state index in [-0.39, 0.29) is 5.91 Å². The van der Waals surface area contributed by atoms with E-state index < -0.39 is 0 Å². The highest BCUT2D eigenvalue weighted by molar-refractivity contribution is 5.81. The second-order valence-corrected chi connectivity index (χ2v) is 5.14. The van der Waals surface area contributed by atoms with Crippen molar-refractivity contribution in [2.24, 2.45) is 0 Å². The highest BCUT2D eigenvalue weighted by atomic mass is 16.5.